The van der Waals surface area contributed by atoms with Gasteiger partial charge >= 0.3 is 5.97 Å². The van der Waals surface area contributed by atoms with Crippen molar-refractivity contribution >= 4 is 16.0 Å². The molecule has 0 spiro atoms. The molecule has 0 aromatic heterocycles. The Labute approximate surface area is 166 Å². The van der Waals surface area contributed by atoms with E-state index < -0.39 is 22.0 Å². The lowest BCUT2D eigenvalue weighted by Crippen LogP contribution is -2.49. The number of ether oxygens (including phenoxy) is 1. The van der Waals surface area contributed by atoms with Gasteiger partial charge in [-0.3, -0.25) is 4.79 Å². The summed E-state index contributed by atoms with van der Waals surface area (Å²) < 4.78 is 33.3. The van der Waals surface area contributed by atoms with Gasteiger partial charge in [0.2, 0.25) is 10.0 Å². The van der Waals surface area contributed by atoms with Gasteiger partial charge in [0.25, 0.3) is 0 Å². The Morgan fingerprint density at radius 3 is 2.39 bits per heavy atom. The minimum Gasteiger partial charge on any atom is -0.464 e. The van der Waals surface area contributed by atoms with E-state index in [1.165, 1.54) is 9.87 Å². The monoisotopic (exact) mass is 399 g/mol. The number of carbonyl (C=O) groups excluding carboxylic acids is 1. The molecule has 0 N–H and O–H groups in total. The van der Waals surface area contributed by atoms with E-state index in [4.69, 9.17) is 4.74 Å². The highest BCUT2D eigenvalue weighted by atomic mass is 32.2. The van der Waals surface area contributed by atoms with Crippen LogP contribution in [0, 0.1) is 5.92 Å². The number of nitrogens with zero attached hydrogens (tertiary/aromatic N) is 1. The first kappa shape index (κ1) is 19.2. The summed E-state index contributed by atoms with van der Waals surface area (Å²) in [6.45, 7) is 0.306. The van der Waals surface area contributed by atoms with E-state index >= 15 is 0 Å². The van der Waals surface area contributed by atoms with E-state index in [2.05, 4.69) is 0 Å². The number of rotatable bonds is 7. The molecule has 6 heteroatoms. The topological polar surface area (TPSA) is 63.7 Å². The van der Waals surface area contributed by atoms with E-state index in [0.29, 0.717) is 6.61 Å². The van der Waals surface area contributed by atoms with Crippen molar-refractivity contribution < 1.29 is 17.9 Å². The molecule has 4 rings (SSSR count). The average Bonchev–Trinajstić information content (AvgIpc) is 3.34. The minimum absolute atomic E-state index is 0.0603. The second-order valence-corrected chi connectivity index (χ2v) is 9.42. The fraction of sp³-hybridized carbons (Fsp3) is 0.409. The third-order valence-electron chi connectivity index (χ3n) is 5.78. The molecule has 2 aromatic rings. The number of fused-ring (bicyclic) bond motifs is 2. The molecule has 0 radical (unpaired) electrons. The SMILES string of the molecule is O=C(OCCCc1ccccc1)[C@H]1[C@H]2CC[C@H](C2)N1S(=O)(=O)c1ccccc1. The molecule has 2 aliphatic rings. The van der Waals surface area contributed by atoms with Crippen LogP contribution < -0.4 is 0 Å². The molecule has 2 aromatic carbocycles. The van der Waals surface area contributed by atoms with Crippen LogP contribution in [0.25, 0.3) is 0 Å². The van der Waals surface area contributed by atoms with Gasteiger partial charge in [0, 0.05) is 6.04 Å². The van der Waals surface area contributed by atoms with Crippen LogP contribution in [0.15, 0.2) is 65.6 Å². The van der Waals surface area contributed by atoms with E-state index in [1.54, 1.807) is 30.3 Å². The first-order valence-electron chi connectivity index (χ1n) is 9.86. The molecule has 1 saturated heterocycles. The van der Waals surface area contributed by atoms with Gasteiger partial charge in [-0.15, -0.1) is 0 Å². The van der Waals surface area contributed by atoms with E-state index in [0.717, 1.165) is 32.1 Å². The molecule has 1 saturated carbocycles. The summed E-state index contributed by atoms with van der Waals surface area (Å²) in [7, 11) is -3.70. The van der Waals surface area contributed by atoms with Crippen LogP contribution in [0.4, 0.5) is 0 Å². The third kappa shape index (κ3) is 3.71. The van der Waals surface area contributed by atoms with Gasteiger partial charge in [0.1, 0.15) is 6.04 Å². The van der Waals surface area contributed by atoms with Gasteiger partial charge in [-0.1, -0.05) is 48.5 Å². The van der Waals surface area contributed by atoms with Crippen LogP contribution in [-0.2, 0) is 26.0 Å². The maximum atomic E-state index is 13.2. The van der Waals surface area contributed by atoms with Crippen molar-refractivity contribution in [3.63, 3.8) is 0 Å². The molecule has 5 nitrogen and oxygen atoms in total. The van der Waals surface area contributed by atoms with Gasteiger partial charge < -0.3 is 4.74 Å². The summed E-state index contributed by atoms with van der Waals surface area (Å²) in [6, 6.07) is 17.6. The van der Waals surface area contributed by atoms with Crippen molar-refractivity contribution in [1.29, 1.82) is 0 Å². The van der Waals surface area contributed by atoms with Crippen molar-refractivity contribution in [1.82, 2.24) is 4.31 Å². The molecule has 0 amide bonds. The van der Waals surface area contributed by atoms with Crippen molar-refractivity contribution in [2.45, 2.75) is 49.1 Å². The largest absolute Gasteiger partial charge is 0.464 e. The van der Waals surface area contributed by atoms with Gasteiger partial charge in [-0.2, -0.15) is 4.31 Å². The Morgan fingerprint density at radius 2 is 1.68 bits per heavy atom. The zero-order valence-corrected chi connectivity index (χ0v) is 16.6. The Morgan fingerprint density at radius 1 is 1.00 bits per heavy atom. The van der Waals surface area contributed by atoms with Crippen molar-refractivity contribution in [3.8, 4) is 0 Å². The quantitative estimate of drug-likeness (QED) is 0.529. The zero-order valence-electron chi connectivity index (χ0n) is 15.7. The van der Waals surface area contributed by atoms with E-state index in [-0.39, 0.29) is 16.9 Å². The molecule has 148 valence electrons. The molecule has 3 atom stereocenters. The molecule has 0 unspecified atom stereocenters. The van der Waals surface area contributed by atoms with Crippen LogP contribution in [-0.4, -0.2) is 37.4 Å². The second kappa shape index (κ2) is 8.05. The number of aryl methyl sites for hydroxylation is 1. The third-order valence-corrected chi connectivity index (χ3v) is 7.73. The minimum atomic E-state index is -3.70. The smallest absolute Gasteiger partial charge is 0.324 e. The van der Waals surface area contributed by atoms with E-state index in [9.17, 15) is 13.2 Å². The maximum Gasteiger partial charge on any atom is 0.324 e. The van der Waals surface area contributed by atoms with Crippen LogP contribution in [0.3, 0.4) is 0 Å². The fourth-order valence-electron chi connectivity index (χ4n) is 4.48. The predicted octanol–water partition coefficient (Wildman–Crippen LogP) is 3.40. The molecular formula is C22H25NO4S. The summed E-state index contributed by atoms with van der Waals surface area (Å²) in [5.74, 6) is -0.343. The van der Waals surface area contributed by atoms with Gasteiger partial charge in [-0.05, 0) is 55.7 Å². The van der Waals surface area contributed by atoms with Gasteiger partial charge in [-0.25, -0.2) is 8.42 Å². The lowest BCUT2D eigenvalue weighted by Gasteiger charge is -2.32. The molecule has 1 heterocycles. The molecule has 2 fully saturated rings. The second-order valence-electron chi connectivity index (χ2n) is 7.58. The standard InChI is InChI=1S/C22H25NO4S/c24-22(27-15-7-10-17-8-3-1-4-9-17)21-18-13-14-19(16-18)23(21)28(25,26)20-11-5-2-6-12-20/h1-6,8-9,11-12,18-19,21H,7,10,13-16H2/t18-,19+,21+/m0/s1. The van der Waals surface area contributed by atoms with E-state index in [1.807, 2.05) is 30.3 Å². The van der Waals surface area contributed by atoms with Crippen LogP contribution >= 0.6 is 0 Å². The summed E-state index contributed by atoms with van der Waals surface area (Å²) in [5.41, 5.74) is 1.20. The zero-order chi connectivity index (χ0) is 19.6. The predicted molar refractivity (Wildman–Crippen MR) is 106 cm³/mol. The number of esters is 1. The highest BCUT2D eigenvalue weighted by molar-refractivity contribution is 7.89. The first-order valence-corrected chi connectivity index (χ1v) is 11.3. The number of piperidine rings is 1. The molecule has 1 aliphatic carbocycles. The Kier molecular flexibility index (Phi) is 5.51. The van der Waals surface area contributed by atoms with Crippen molar-refractivity contribution in [2.75, 3.05) is 6.61 Å². The molecule has 1 aliphatic heterocycles. The Balaban J connectivity index is 1.43. The summed E-state index contributed by atoms with van der Waals surface area (Å²) >= 11 is 0. The fourth-order valence-corrected chi connectivity index (χ4v) is 6.37. The highest BCUT2D eigenvalue weighted by Crippen LogP contribution is 2.45. The van der Waals surface area contributed by atoms with Crippen LogP contribution in [0.1, 0.15) is 31.2 Å². The average molecular weight is 400 g/mol. The maximum absolute atomic E-state index is 13.2. The Hall–Kier alpha value is -2.18. The van der Waals surface area contributed by atoms with Crippen molar-refractivity contribution in [2.24, 2.45) is 5.92 Å². The first-order chi connectivity index (χ1) is 13.6. The number of sulfonamides is 1. The summed E-state index contributed by atoms with van der Waals surface area (Å²) in [5, 5.41) is 0. The normalized spacial score (nSPS) is 24.4. The number of carbonyl (C=O) groups is 1. The van der Waals surface area contributed by atoms with Crippen LogP contribution in [0.2, 0.25) is 0 Å². The summed E-state index contributed by atoms with van der Waals surface area (Å²) in [4.78, 5) is 13.0. The molecule has 28 heavy (non-hydrogen) atoms. The lowest BCUT2D eigenvalue weighted by atomic mass is 10.0. The molecule has 2 bridgehead atoms. The summed E-state index contributed by atoms with van der Waals surface area (Å²) in [6.07, 6.45) is 4.00. The number of hydrogen-bond acceptors (Lipinski definition) is 4. The Bertz CT molecular complexity index is 914. The number of benzene rings is 2. The molecular weight excluding hydrogens is 374 g/mol. The number of hydrogen-bond donors (Lipinski definition) is 0. The highest BCUT2D eigenvalue weighted by Gasteiger charge is 2.55. The van der Waals surface area contributed by atoms with Gasteiger partial charge in [0.05, 0.1) is 11.5 Å². The lowest BCUT2D eigenvalue weighted by molar-refractivity contribution is -0.149. The van der Waals surface area contributed by atoms with Gasteiger partial charge in [0.15, 0.2) is 0 Å². The van der Waals surface area contributed by atoms with Crippen LogP contribution in [0.5, 0.6) is 0 Å². The van der Waals surface area contributed by atoms with Crippen molar-refractivity contribution in [3.05, 3.63) is 66.2 Å².